The van der Waals surface area contributed by atoms with Gasteiger partial charge in [0, 0.05) is 0 Å². The van der Waals surface area contributed by atoms with Crippen LogP contribution in [0.1, 0.15) is 32.1 Å². The van der Waals surface area contributed by atoms with E-state index in [1.165, 1.54) is 32.1 Å². The van der Waals surface area contributed by atoms with E-state index in [1.807, 2.05) is 0 Å². The Morgan fingerprint density at radius 2 is 2.00 bits per heavy atom. The van der Waals surface area contributed by atoms with Crippen molar-refractivity contribution in [3.63, 3.8) is 0 Å². The Kier molecular flexibility index (Phi) is 3.40. The first kappa shape index (κ1) is 8.57. The van der Waals surface area contributed by atoms with Crippen LogP contribution >= 0.6 is 0 Å². The number of rotatable bonds is 3. The topological polar surface area (TPSA) is 26.3 Å². The second-order valence-corrected chi connectivity index (χ2v) is 3.17. The highest BCUT2D eigenvalue weighted by atomic mass is 16.5. The fourth-order valence-corrected chi connectivity index (χ4v) is 1.69. The zero-order valence-electron chi connectivity index (χ0n) is 6.79. The summed E-state index contributed by atoms with van der Waals surface area (Å²) in [5.41, 5.74) is 0. The summed E-state index contributed by atoms with van der Waals surface area (Å²) in [6.45, 7) is 4.30. The molecule has 0 amide bonds. The summed E-state index contributed by atoms with van der Waals surface area (Å²) in [6, 6.07) is 0. The Balaban J connectivity index is 2.26. The molecule has 1 unspecified atom stereocenters. The molecule has 1 aliphatic rings. The molecule has 1 rings (SSSR count). The molecular formula is C9H15O2. The van der Waals surface area contributed by atoms with Crippen LogP contribution in [0.4, 0.5) is 0 Å². The maximum atomic E-state index is 10.00. The average molecular weight is 155 g/mol. The Morgan fingerprint density at radius 3 is 2.55 bits per heavy atom. The third-order valence-corrected chi connectivity index (χ3v) is 2.41. The molecule has 63 valence electrons. The molecule has 1 radical (unpaired) electrons. The third kappa shape index (κ3) is 2.52. The van der Waals surface area contributed by atoms with E-state index in [0.717, 1.165) is 0 Å². The first-order valence-electron chi connectivity index (χ1n) is 4.27. The largest absolute Gasteiger partial charge is 0.464 e. The van der Waals surface area contributed by atoms with Gasteiger partial charge in [-0.05, 0) is 25.7 Å². The van der Waals surface area contributed by atoms with Gasteiger partial charge in [-0.2, -0.15) is 0 Å². The lowest BCUT2D eigenvalue weighted by atomic mass is 9.86. The summed E-state index contributed by atoms with van der Waals surface area (Å²) in [6.07, 6.45) is 6.07. The van der Waals surface area contributed by atoms with E-state index in [2.05, 4.69) is 6.92 Å². The van der Waals surface area contributed by atoms with Gasteiger partial charge in [0.2, 0.25) is 0 Å². The third-order valence-electron chi connectivity index (χ3n) is 2.41. The molecule has 2 nitrogen and oxygen atoms in total. The van der Waals surface area contributed by atoms with Crippen LogP contribution in [0.25, 0.3) is 0 Å². The number of hydrogen-bond acceptors (Lipinski definition) is 2. The maximum Gasteiger partial charge on any atom is 0.293 e. The molecule has 0 bridgehead atoms. The Hall–Kier alpha value is -0.530. The normalized spacial score (nSPS) is 22.6. The van der Waals surface area contributed by atoms with Gasteiger partial charge in [-0.1, -0.05) is 19.3 Å². The van der Waals surface area contributed by atoms with Gasteiger partial charge in [-0.3, -0.25) is 4.79 Å². The van der Waals surface area contributed by atoms with Crippen LogP contribution in [0.3, 0.4) is 0 Å². The molecule has 1 saturated carbocycles. The highest BCUT2D eigenvalue weighted by molar-refractivity contribution is 5.37. The van der Waals surface area contributed by atoms with Crippen LogP contribution in [0.2, 0.25) is 0 Å². The summed E-state index contributed by atoms with van der Waals surface area (Å²) < 4.78 is 4.79. The van der Waals surface area contributed by atoms with E-state index in [0.29, 0.717) is 12.4 Å². The van der Waals surface area contributed by atoms with Gasteiger partial charge in [0.25, 0.3) is 6.47 Å². The van der Waals surface area contributed by atoms with Crippen molar-refractivity contribution in [3.05, 3.63) is 6.92 Å². The number of ether oxygens (including phenoxy) is 1. The van der Waals surface area contributed by atoms with Crippen LogP contribution in [0, 0.1) is 12.8 Å². The average Bonchev–Trinajstić information content (AvgIpc) is 2.07. The molecular weight excluding hydrogens is 140 g/mol. The van der Waals surface area contributed by atoms with Crippen molar-refractivity contribution in [2.24, 2.45) is 5.92 Å². The summed E-state index contributed by atoms with van der Waals surface area (Å²) in [5, 5.41) is 0. The molecule has 1 fully saturated rings. The van der Waals surface area contributed by atoms with Crippen LogP contribution in [-0.2, 0) is 9.53 Å². The first-order valence-corrected chi connectivity index (χ1v) is 4.27. The molecule has 0 heterocycles. The minimum atomic E-state index is -0.118. The Morgan fingerprint density at radius 1 is 1.36 bits per heavy atom. The van der Waals surface area contributed by atoms with Gasteiger partial charge >= 0.3 is 0 Å². The van der Waals surface area contributed by atoms with E-state index in [9.17, 15) is 4.79 Å². The monoisotopic (exact) mass is 155 g/mol. The first-order chi connectivity index (χ1) is 5.34. The molecule has 0 aromatic rings. The fraction of sp³-hybridized carbons (Fsp3) is 0.778. The van der Waals surface area contributed by atoms with Crippen molar-refractivity contribution in [2.75, 3.05) is 0 Å². The van der Waals surface area contributed by atoms with Crippen molar-refractivity contribution in [1.29, 1.82) is 0 Å². The zero-order valence-corrected chi connectivity index (χ0v) is 6.79. The number of carbonyl (C=O) groups excluding carboxylic acids is 1. The zero-order chi connectivity index (χ0) is 8.10. The van der Waals surface area contributed by atoms with Gasteiger partial charge in [0.05, 0.1) is 0 Å². The van der Waals surface area contributed by atoms with Gasteiger partial charge in [0.1, 0.15) is 6.10 Å². The van der Waals surface area contributed by atoms with Crippen molar-refractivity contribution in [3.8, 4) is 0 Å². The number of carbonyl (C=O) groups is 1. The Labute approximate surface area is 67.9 Å². The maximum absolute atomic E-state index is 10.00. The predicted molar refractivity (Wildman–Crippen MR) is 42.9 cm³/mol. The van der Waals surface area contributed by atoms with E-state index in [1.54, 1.807) is 0 Å². The Bertz CT molecular complexity index is 117. The van der Waals surface area contributed by atoms with Crippen molar-refractivity contribution in [1.82, 2.24) is 0 Å². The predicted octanol–water partition coefficient (Wildman–Crippen LogP) is 1.94. The van der Waals surface area contributed by atoms with E-state index in [-0.39, 0.29) is 6.10 Å². The highest BCUT2D eigenvalue weighted by Crippen LogP contribution is 2.27. The van der Waals surface area contributed by atoms with Gasteiger partial charge in [-0.25, -0.2) is 0 Å². The summed E-state index contributed by atoms with van der Waals surface area (Å²) in [4.78, 5) is 10.00. The van der Waals surface area contributed by atoms with E-state index >= 15 is 0 Å². The van der Waals surface area contributed by atoms with Gasteiger partial charge in [0.15, 0.2) is 0 Å². The molecule has 0 aliphatic heterocycles. The molecule has 0 aromatic heterocycles. The minimum Gasteiger partial charge on any atom is -0.464 e. The SMILES string of the molecule is [CH2]C(OC=O)C1CCCCC1. The van der Waals surface area contributed by atoms with Crippen LogP contribution in [0.5, 0.6) is 0 Å². The molecule has 11 heavy (non-hydrogen) atoms. The summed E-state index contributed by atoms with van der Waals surface area (Å²) >= 11 is 0. The van der Waals surface area contributed by atoms with Crippen LogP contribution in [-0.4, -0.2) is 12.6 Å². The standard InChI is InChI=1S/C9H15O2/c1-8(11-7-10)9-5-3-2-4-6-9/h7-9H,1-6H2. The lowest BCUT2D eigenvalue weighted by molar-refractivity contribution is -0.134. The van der Waals surface area contributed by atoms with E-state index < -0.39 is 0 Å². The highest BCUT2D eigenvalue weighted by Gasteiger charge is 2.20. The van der Waals surface area contributed by atoms with Crippen LogP contribution < -0.4 is 0 Å². The molecule has 0 N–H and O–H groups in total. The van der Waals surface area contributed by atoms with Gasteiger partial charge in [-0.15, -0.1) is 0 Å². The molecule has 2 heteroatoms. The molecule has 1 atom stereocenters. The number of hydrogen-bond donors (Lipinski definition) is 0. The minimum absolute atomic E-state index is 0.118. The van der Waals surface area contributed by atoms with Crippen molar-refractivity contribution >= 4 is 6.47 Å². The summed E-state index contributed by atoms with van der Waals surface area (Å²) in [5.74, 6) is 0.508. The quantitative estimate of drug-likeness (QED) is 0.582. The van der Waals surface area contributed by atoms with Crippen LogP contribution in [0.15, 0.2) is 0 Å². The smallest absolute Gasteiger partial charge is 0.293 e. The lowest BCUT2D eigenvalue weighted by Crippen LogP contribution is -2.22. The summed E-state index contributed by atoms with van der Waals surface area (Å²) in [7, 11) is 0. The second-order valence-electron chi connectivity index (χ2n) is 3.17. The molecule has 0 saturated heterocycles. The lowest BCUT2D eigenvalue weighted by Gasteiger charge is -2.25. The van der Waals surface area contributed by atoms with E-state index in [4.69, 9.17) is 4.74 Å². The van der Waals surface area contributed by atoms with Crippen molar-refractivity contribution < 1.29 is 9.53 Å². The molecule has 0 aromatic carbocycles. The van der Waals surface area contributed by atoms with Gasteiger partial charge < -0.3 is 4.74 Å². The fourth-order valence-electron chi connectivity index (χ4n) is 1.69. The molecule has 1 aliphatic carbocycles. The second kappa shape index (κ2) is 4.37. The van der Waals surface area contributed by atoms with Crippen molar-refractivity contribution in [2.45, 2.75) is 38.2 Å². The molecule has 0 spiro atoms.